The normalized spacial score (nSPS) is 14.1. The molecule has 0 saturated carbocycles. The number of nitrogens with two attached hydrogens (primary N) is 1. The zero-order valence-corrected chi connectivity index (χ0v) is 7.83. The second kappa shape index (κ2) is 8.02. The highest BCUT2D eigenvalue weighted by Crippen LogP contribution is 1.94. The quantitative estimate of drug-likeness (QED) is 0.633. The predicted octanol–water partition coefficient (Wildman–Crippen LogP) is 2.58. The summed E-state index contributed by atoms with van der Waals surface area (Å²) in [4.78, 5) is 0. The molecular weight excluding hydrogens is 146 g/mol. The van der Waals surface area contributed by atoms with Crippen LogP contribution in [0.15, 0.2) is 48.1 Å². The molecule has 0 unspecified atom stereocenters. The van der Waals surface area contributed by atoms with E-state index in [9.17, 15) is 0 Å². The summed E-state index contributed by atoms with van der Waals surface area (Å²) in [7, 11) is 0. The van der Waals surface area contributed by atoms with Gasteiger partial charge in [-0.1, -0.05) is 48.1 Å². The van der Waals surface area contributed by atoms with Crippen LogP contribution in [0.2, 0.25) is 0 Å². The first-order chi connectivity index (χ1) is 5.81. The van der Waals surface area contributed by atoms with Gasteiger partial charge in [-0.3, -0.25) is 0 Å². The summed E-state index contributed by atoms with van der Waals surface area (Å²) >= 11 is 0. The summed E-state index contributed by atoms with van der Waals surface area (Å²) in [5.41, 5.74) is 6.52. The first-order valence-corrected chi connectivity index (χ1v) is 4.14. The Morgan fingerprint density at radius 1 is 1.25 bits per heavy atom. The Balaban J connectivity index is 3.91. The number of hydrogen-bond donors (Lipinski definition) is 1. The maximum absolute atomic E-state index is 5.31. The molecule has 0 radical (unpaired) electrons. The van der Waals surface area contributed by atoms with Crippen LogP contribution in [0.1, 0.15) is 13.8 Å². The Hall–Kier alpha value is -1.08. The molecule has 0 aliphatic heterocycles. The zero-order chi connectivity index (χ0) is 9.23. The fourth-order valence-corrected chi connectivity index (χ4v) is 0.692. The molecule has 0 aliphatic carbocycles. The lowest BCUT2D eigenvalue weighted by Gasteiger charge is -1.86. The van der Waals surface area contributed by atoms with Crippen LogP contribution < -0.4 is 5.73 Å². The summed E-state index contributed by atoms with van der Waals surface area (Å²) in [6, 6.07) is 0. The van der Waals surface area contributed by atoms with Crippen LogP contribution in [-0.4, -0.2) is 6.54 Å². The minimum atomic E-state index is 0.601. The topological polar surface area (TPSA) is 26.0 Å². The van der Waals surface area contributed by atoms with Crippen molar-refractivity contribution in [2.24, 2.45) is 5.73 Å². The molecule has 0 rings (SSSR count). The highest BCUT2D eigenvalue weighted by Gasteiger charge is 1.75. The van der Waals surface area contributed by atoms with Gasteiger partial charge in [0.15, 0.2) is 0 Å². The van der Waals surface area contributed by atoms with E-state index in [0.29, 0.717) is 6.54 Å². The van der Waals surface area contributed by atoms with Gasteiger partial charge in [0.2, 0.25) is 0 Å². The van der Waals surface area contributed by atoms with Crippen LogP contribution in [0, 0.1) is 0 Å². The summed E-state index contributed by atoms with van der Waals surface area (Å²) < 4.78 is 0. The molecule has 1 heteroatoms. The van der Waals surface area contributed by atoms with Gasteiger partial charge < -0.3 is 5.73 Å². The molecule has 0 spiro atoms. The Labute approximate surface area is 75.0 Å². The molecule has 0 heterocycles. The van der Waals surface area contributed by atoms with E-state index in [2.05, 4.69) is 0 Å². The highest BCUT2D eigenvalue weighted by molar-refractivity contribution is 5.23. The van der Waals surface area contributed by atoms with Crippen molar-refractivity contribution >= 4 is 0 Å². The van der Waals surface area contributed by atoms with Gasteiger partial charge >= 0.3 is 0 Å². The zero-order valence-electron chi connectivity index (χ0n) is 7.83. The average molecular weight is 163 g/mol. The Morgan fingerprint density at radius 3 is 2.58 bits per heavy atom. The molecule has 0 atom stereocenters. The number of allylic oxidation sites excluding steroid dienone is 7. The Kier molecular flexibility index (Phi) is 7.30. The van der Waals surface area contributed by atoms with Crippen LogP contribution in [0.25, 0.3) is 0 Å². The van der Waals surface area contributed by atoms with Gasteiger partial charge in [-0.05, 0) is 13.8 Å². The monoisotopic (exact) mass is 163 g/mol. The van der Waals surface area contributed by atoms with Gasteiger partial charge in [-0.2, -0.15) is 0 Å². The molecule has 0 amide bonds. The van der Waals surface area contributed by atoms with Crippen LogP contribution in [0.4, 0.5) is 0 Å². The first-order valence-electron chi connectivity index (χ1n) is 4.14. The third kappa shape index (κ3) is 7.03. The van der Waals surface area contributed by atoms with Gasteiger partial charge in [0.1, 0.15) is 0 Å². The molecule has 0 saturated heterocycles. The van der Waals surface area contributed by atoms with Gasteiger partial charge in [0.05, 0.1) is 0 Å². The van der Waals surface area contributed by atoms with E-state index in [4.69, 9.17) is 5.73 Å². The molecule has 0 aromatic heterocycles. The van der Waals surface area contributed by atoms with E-state index in [1.54, 1.807) is 0 Å². The van der Waals surface area contributed by atoms with Crippen molar-refractivity contribution in [2.75, 3.05) is 6.54 Å². The SMILES string of the molecule is C\C=C/C=C\C=C(C)/C=C\CN. The van der Waals surface area contributed by atoms with Gasteiger partial charge in [0, 0.05) is 6.54 Å². The molecule has 0 fully saturated rings. The van der Waals surface area contributed by atoms with E-state index < -0.39 is 0 Å². The molecular formula is C11H17N. The molecule has 0 aromatic rings. The first kappa shape index (κ1) is 10.9. The molecule has 2 N–H and O–H groups in total. The fraction of sp³-hybridized carbons (Fsp3) is 0.273. The molecule has 0 aliphatic rings. The second-order valence-electron chi connectivity index (χ2n) is 2.46. The van der Waals surface area contributed by atoms with E-state index in [1.165, 1.54) is 5.57 Å². The van der Waals surface area contributed by atoms with Crippen LogP contribution in [-0.2, 0) is 0 Å². The number of rotatable bonds is 4. The minimum Gasteiger partial charge on any atom is -0.327 e. The van der Waals surface area contributed by atoms with Gasteiger partial charge in [0.25, 0.3) is 0 Å². The second-order valence-corrected chi connectivity index (χ2v) is 2.46. The molecule has 12 heavy (non-hydrogen) atoms. The lowest BCUT2D eigenvalue weighted by atomic mass is 10.2. The van der Waals surface area contributed by atoms with Crippen LogP contribution in [0.5, 0.6) is 0 Å². The Bertz CT molecular complexity index is 207. The van der Waals surface area contributed by atoms with E-state index in [0.717, 1.165) is 0 Å². The van der Waals surface area contributed by atoms with E-state index >= 15 is 0 Å². The fourth-order valence-electron chi connectivity index (χ4n) is 0.692. The van der Waals surface area contributed by atoms with Crippen LogP contribution in [0.3, 0.4) is 0 Å². The maximum Gasteiger partial charge on any atom is 0.0110 e. The van der Waals surface area contributed by atoms with Crippen molar-refractivity contribution < 1.29 is 0 Å². The van der Waals surface area contributed by atoms with Crippen LogP contribution >= 0.6 is 0 Å². The van der Waals surface area contributed by atoms with Crippen molar-refractivity contribution in [1.29, 1.82) is 0 Å². The molecule has 1 nitrogen and oxygen atoms in total. The number of hydrogen-bond acceptors (Lipinski definition) is 1. The molecule has 66 valence electrons. The predicted molar refractivity (Wildman–Crippen MR) is 55.9 cm³/mol. The van der Waals surface area contributed by atoms with Crippen molar-refractivity contribution in [3.8, 4) is 0 Å². The minimum absolute atomic E-state index is 0.601. The van der Waals surface area contributed by atoms with E-state index in [-0.39, 0.29) is 0 Å². The standard InChI is InChI=1S/C11H17N/c1-3-4-5-6-8-11(2)9-7-10-12/h3-9H,10,12H2,1-2H3/b4-3-,6-5-,9-7-,11-8-. The third-order valence-electron chi connectivity index (χ3n) is 1.29. The smallest absolute Gasteiger partial charge is 0.0110 e. The van der Waals surface area contributed by atoms with Crippen molar-refractivity contribution in [2.45, 2.75) is 13.8 Å². The highest BCUT2D eigenvalue weighted by atomic mass is 14.5. The van der Waals surface area contributed by atoms with Crippen molar-refractivity contribution in [3.63, 3.8) is 0 Å². The maximum atomic E-state index is 5.31. The average Bonchev–Trinajstić information content (AvgIpc) is 2.09. The van der Waals surface area contributed by atoms with Crippen molar-refractivity contribution in [3.05, 3.63) is 48.1 Å². The van der Waals surface area contributed by atoms with Crippen molar-refractivity contribution in [1.82, 2.24) is 0 Å². The summed E-state index contributed by atoms with van der Waals surface area (Å²) in [5.74, 6) is 0. The lowest BCUT2D eigenvalue weighted by molar-refractivity contribution is 1.25. The largest absolute Gasteiger partial charge is 0.327 e. The molecule has 0 bridgehead atoms. The van der Waals surface area contributed by atoms with Gasteiger partial charge in [-0.15, -0.1) is 0 Å². The van der Waals surface area contributed by atoms with E-state index in [1.807, 2.05) is 56.4 Å². The summed E-state index contributed by atoms with van der Waals surface area (Å²) in [5, 5.41) is 0. The van der Waals surface area contributed by atoms with Gasteiger partial charge in [-0.25, -0.2) is 0 Å². The third-order valence-corrected chi connectivity index (χ3v) is 1.29. The molecule has 0 aromatic carbocycles. The summed E-state index contributed by atoms with van der Waals surface area (Å²) in [6.45, 7) is 4.64. The summed E-state index contributed by atoms with van der Waals surface area (Å²) in [6.07, 6.45) is 14.0. The lowest BCUT2D eigenvalue weighted by Crippen LogP contribution is -1.91. The Morgan fingerprint density at radius 2 is 2.00 bits per heavy atom.